The highest BCUT2D eigenvalue weighted by Gasteiger charge is 2.48. The maximum Gasteiger partial charge on any atom is 0.169 e. The van der Waals surface area contributed by atoms with Crippen molar-refractivity contribution >= 4 is 0 Å². The van der Waals surface area contributed by atoms with Crippen molar-refractivity contribution in [1.82, 2.24) is 0 Å². The lowest BCUT2D eigenvalue weighted by atomic mass is 9.84. The maximum absolute atomic E-state index is 6.89. The van der Waals surface area contributed by atoms with Gasteiger partial charge in [-0.25, -0.2) is 0 Å². The van der Waals surface area contributed by atoms with Gasteiger partial charge in [0.15, 0.2) is 5.79 Å². The van der Waals surface area contributed by atoms with Gasteiger partial charge in [-0.2, -0.15) is 0 Å². The van der Waals surface area contributed by atoms with Crippen molar-refractivity contribution in [3.63, 3.8) is 0 Å². The quantitative estimate of drug-likeness (QED) is 0.0548. The summed E-state index contributed by atoms with van der Waals surface area (Å²) in [7, 11) is 0. The van der Waals surface area contributed by atoms with Crippen LogP contribution >= 0.6 is 0 Å². The molecule has 0 aromatic carbocycles. The molecule has 0 amide bonds. The number of rotatable bonds is 31. The Hall–Kier alpha value is -1.12. The van der Waals surface area contributed by atoms with Crippen molar-refractivity contribution in [3.8, 4) is 0 Å². The molecule has 1 heterocycles. The molecule has 1 saturated heterocycles. The van der Waals surface area contributed by atoms with E-state index in [-0.39, 0.29) is 5.79 Å². The van der Waals surface area contributed by atoms with Crippen molar-refractivity contribution in [2.45, 2.75) is 231 Å². The second-order valence-corrected chi connectivity index (χ2v) is 15.0. The second-order valence-electron chi connectivity index (χ2n) is 15.0. The lowest BCUT2D eigenvalue weighted by Crippen LogP contribution is -2.31. The highest BCUT2D eigenvalue weighted by Crippen LogP contribution is 2.44. The highest BCUT2D eigenvalue weighted by atomic mass is 16.8. The summed E-state index contributed by atoms with van der Waals surface area (Å²) >= 11 is 0. The number of allylic oxidation sites excluding steroid dienone is 8. The first-order valence-electron chi connectivity index (χ1n) is 21.2. The van der Waals surface area contributed by atoms with Crippen LogP contribution in [0, 0.1) is 5.92 Å². The first kappa shape index (κ1) is 42.0. The third-order valence-corrected chi connectivity index (χ3v) is 10.7. The third-order valence-electron chi connectivity index (χ3n) is 10.7. The monoisotopic (exact) mass is 653 g/mol. The molecule has 0 N–H and O–H groups in total. The van der Waals surface area contributed by atoms with Gasteiger partial charge in [0.05, 0.1) is 12.2 Å². The zero-order valence-electron chi connectivity index (χ0n) is 31.9. The average molecular weight is 653 g/mol. The molecule has 2 fully saturated rings. The predicted octanol–water partition coefficient (Wildman–Crippen LogP) is 15.1. The van der Waals surface area contributed by atoms with Crippen LogP contribution in [0.5, 0.6) is 0 Å². The molecule has 2 nitrogen and oxygen atoms in total. The third kappa shape index (κ3) is 21.6. The minimum absolute atomic E-state index is 0.289. The van der Waals surface area contributed by atoms with Crippen molar-refractivity contribution in [3.05, 3.63) is 48.6 Å². The smallest absolute Gasteiger partial charge is 0.169 e. The fourth-order valence-corrected chi connectivity index (χ4v) is 7.52. The van der Waals surface area contributed by atoms with E-state index in [2.05, 4.69) is 69.4 Å². The zero-order valence-corrected chi connectivity index (χ0v) is 31.9. The van der Waals surface area contributed by atoms with E-state index in [9.17, 15) is 0 Å². The van der Waals surface area contributed by atoms with Crippen LogP contribution in [0.4, 0.5) is 0 Å². The minimum atomic E-state index is -0.289. The van der Waals surface area contributed by atoms with Crippen LogP contribution in [-0.4, -0.2) is 18.0 Å². The molecule has 0 aromatic heterocycles. The van der Waals surface area contributed by atoms with Gasteiger partial charge in [0.25, 0.3) is 0 Å². The van der Waals surface area contributed by atoms with Crippen molar-refractivity contribution in [2.75, 3.05) is 0 Å². The molecule has 1 saturated carbocycles. The fraction of sp³-hybridized carbons (Fsp3) is 0.822. The molecular weight excluding hydrogens is 572 g/mol. The molecule has 47 heavy (non-hydrogen) atoms. The van der Waals surface area contributed by atoms with Gasteiger partial charge in [-0.15, -0.1) is 0 Å². The summed E-state index contributed by atoms with van der Waals surface area (Å²) in [5.41, 5.74) is 0. The number of hydrogen-bond acceptors (Lipinski definition) is 2. The fourth-order valence-electron chi connectivity index (χ4n) is 7.52. The molecular formula is C45H80O2. The molecule has 0 spiro atoms. The Balaban J connectivity index is 1.56. The van der Waals surface area contributed by atoms with E-state index in [4.69, 9.17) is 9.47 Å². The Morgan fingerprint density at radius 3 is 1.30 bits per heavy atom. The molecule has 1 aliphatic heterocycles. The van der Waals surface area contributed by atoms with Crippen LogP contribution in [0.3, 0.4) is 0 Å². The van der Waals surface area contributed by atoms with E-state index in [1.54, 1.807) is 0 Å². The lowest BCUT2D eigenvalue weighted by Gasteiger charge is -2.29. The normalized spacial score (nSPS) is 21.3. The first-order chi connectivity index (χ1) is 23.2. The first-order valence-corrected chi connectivity index (χ1v) is 21.2. The SMILES string of the molecule is CCCCC/C=C\C/C=C\CCCCCCCCC1(CCCCCCCC/C=C\C/C=C\CCCCC)O[C@H]2CC[C@@H](CC)C[C@H]2O1. The largest absolute Gasteiger partial charge is 0.344 e. The molecule has 3 atom stereocenters. The van der Waals surface area contributed by atoms with Gasteiger partial charge in [0.2, 0.25) is 0 Å². The van der Waals surface area contributed by atoms with Gasteiger partial charge in [0, 0.05) is 12.8 Å². The van der Waals surface area contributed by atoms with Crippen molar-refractivity contribution < 1.29 is 9.47 Å². The minimum Gasteiger partial charge on any atom is -0.344 e. The molecule has 2 heteroatoms. The number of fused-ring (bicyclic) bond motifs is 1. The summed E-state index contributed by atoms with van der Waals surface area (Å²) < 4.78 is 13.7. The van der Waals surface area contributed by atoms with Crippen LogP contribution in [-0.2, 0) is 9.47 Å². The summed E-state index contributed by atoms with van der Waals surface area (Å²) in [6, 6.07) is 0. The summed E-state index contributed by atoms with van der Waals surface area (Å²) in [6.07, 6.45) is 58.1. The second kappa shape index (κ2) is 29.8. The van der Waals surface area contributed by atoms with Crippen LogP contribution in [0.2, 0.25) is 0 Å². The summed E-state index contributed by atoms with van der Waals surface area (Å²) in [4.78, 5) is 0. The number of hydrogen-bond donors (Lipinski definition) is 0. The molecule has 0 radical (unpaired) electrons. The van der Waals surface area contributed by atoms with E-state index in [1.807, 2.05) is 0 Å². The van der Waals surface area contributed by atoms with Crippen molar-refractivity contribution in [1.29, 1.82) is 0 Å². The van der Waals surface area contributed by atoms with Crippen LogP contribution in [0.25, 0.3) is 0 Å². The standard InChI is InChI=1S/C45H80O2/c1-4-7-9-11-13-15-17-19-21-23-25-27-29-31-33-35-39-45(46-43-38-37-42(6-3)41-44(43)47-45)40-36-34-32-30-28-26-24-22-20-18-16-14-12-10-8-5-2/h13-16,19-22,42-44H,4-12,17-18,23-41H2,1-3H3/b15-13-,16-14-,21-19-,22-20-/t42-,43+,44-/m1/s1. The predicted molar refractivity (Wildman–Crippen MR) is 208 cm³/mol. The Bertz CT molecular complexity index is 759. The summed E-state index contributed by atoms with van der Waals surface area (Å²) in [5, 5.41) is 0. The van der Waals surface area contributed by atoms with Gasteiger partial charge in [-0.3, -0.25) is 0 Å². The Morgan fingerprint density at radius 1 is 0.447 bits per heavy atom. The Labute approximate surface area is 294 Å². The molecule has 2 rings (SSSR count). The van der Waals surface area contributed by atoms with Crippen LogP contribution < -0.4 is 0 Å². The van der Waals surface area contributed by atoms with Gasteiger partial charge in [0.1, 0.15) is 0 Å². The molecule has 272 valence electrons. The molecule has 0 aromatic rings. The lowest BCUT2D eigenvalue weighted by molar-refractivity contribution is -0.186. The topological polar surface area (TPSA) is 18.5 Å². The van der Waals surface area contributed by atoms with E-state index < -0.39 is 0 Å². The zero-order chi connectivity index (χ0) is 33.5. The maximum atomic E-state index is 6.89. The molecule has 2 aliphatic rings. The van der Waals surface area contributed by atoms with E-state index >= 15 is 0 Å². The van der Waals surface area contributed by atoms with Crippen molar-refractivity contribution in [2.24, 2.45) is 5.92 Å². The number of ether oxygens (including phenoxy) is 2. The van der Waals surface area contributed by atoms with Crippen LogP contribution in [0.1, 0.15) is 213 Å². The molecule has 0 unspecified atom stereocenters. The van der Waals surface area contributed by atoms with Gasteiger partial charge < -0.3 is 9.47 Å². The van der Waals surface area contributed by atoms with E-state index in [1.165, 1.54) is 167 Å². The summed E-state index contributed by atoms with van der Waals surface area (Å²) in [5.74, 6) is 0.544. The number of unbranched alkanes of at least 4 members (excludes halogenated alkanes) is 18. The average Bonchev–Trinajstić information content (AvgIpc) is 3.45. The Morgan fingerprint density at radius 2 is 0.851 bits per heavy atom. The molecule has 0 bridgehead atoms. The van der Waals surface area contributed by atoms with E-state index in [0.29, 0.717) is 12.2 Å². The van der Waals surface area contributed by atoms with Gasteiger partial charge in [-0.05, 0) is 102 Å². The molecule has 1 aliphatic carbocycles. The van der Waals surface area contributed by atoms with Gasteiger partial charge >= 0.3 is 0 Å². The summed E-state index contributed by atoms with van der Waals surface area (Å²) in [6.45, 7) is 6.89. The van der Waals surface area contributed by atoms with Gasteiger partial charge in [-0.1, -0.05) is 153 Å². The highest BCUT2D eigenvalue weighted by molar-refractivity contribution is 4.94. The van der Waals surface area contributed by atoms with Crippen LogP contribution in [0.15, 0.2) is 48.6 Å². The Kier molecular flexibility index (Phi) is 26.6. The van der Waals surface area contributed by atoms with E-state index in [0.717, 1.165) is 31.6 Å².